The fraction of sp³-hybridized carbons (Fsp3) is 0.286. The number of rotatable bonds is 5. The van der Waals surface area contributed by atoms with Crippen molar-refractivity contribution < 1.29 is 4.79 Å². The van der Waals surface area contributed by atoms with Crippen LogP contribution in [-0.2, 0) is 4.79 Å². The Morgan fingerprint density at radius 1 is 1.56 bits per heavy atom. The van der Waals surface area contributed by atoms with Crippen molar-refractivity contribution in [2.24, 2.45) is 0 Å². The number of nitrogens with zero attached hydrogens (tertiary/aromatic N) is 1. The Kier molecular flexibility index (Phi) is 6.16. The largest absolute Gasteiger partial charge is 0.351 e. The van der Waals surface area contributed by atoms with E-state index < -0.39 is 0 Å². The molecular weight excluding hydrogens is 292 g/mol. The normalized spacial score (nSPS) is 10.8. The predicted molar refractivity (Wildman–Crippen MR) is 75.6 cm³/mol. The highest BCUT2D eigenvalue weighted by atomic mass is 79.9. The summed E-state index contributed by atoms with van der Waals surface area (Å²) >= 11 is 3.35. The van der Waals surface area contributed by atoms with Crippen LogP contribution in [0.15, 0.2) is 34.3 Å². The Morgan fingerprint density at radius 2 is 2.33 bits per heavy atom. The molecule has 0 aliphatic carbocycles. The first kappa shape index (κ1) is 14.5. The molecule has 0 heterocycles. The Bertz CT molecular complexity index is 489. The van der Waals surface area contributed by atoms with Crippen LogP contribution < -0.4 is 5.32 Å². The molecule has 1 aromatic carbocycles. The minimum absolute atomic E-state index is 0.129. The molecule has 3 nitrogen and oxygen atoms in total. The smallest absolute Gasteiger partial charge is 0.261 e. The van der Waals surface area contributed by atoms with E-state index in [1.54, 1.807) is 6.08 Å². The van der Waals surface area contributed by atoms with Crippen LogP contribution in [0, 0.1) is 11.3 Å². The van der Waals surface area contributed by atoms with E-state index in [0.717, 1.165) is 22.9 Å². The molecule has 1 amide bonds. The van der Waals surface area contributed by atoms with Gasteiger partial charge in [-0.05, 0) is 30.2 Å². The van der Waals surface area contributed by atoms with Crippen molar-refractivity contribution in [2.45, 2.75) is 19.8 Å². The van der Waals surface area contributed by atoms with Crippen LogP contribution in [-0.4, -0.2) is 12.5 Å². The lowest BCUT2D eigenvalue weighted by atomic mass is 10.1. The number of carbonyl (C=O) groups is 1. The zero-order valence-corrected chi connectivity index (χ0v) is 11.8. The number of carbonyl (C=O) groups excluding carboxylic acids is 1. The zero-order valence-electron chi connectivity index (χ0n) is 10.2. The maximum Gasteiger partial charge on any atom is 0.261 e. The topological polar surface area (TPSA) is 52.9 Å². The zero-order chi connectivity index (χ0) is 13.4. The maximum absolute atomic E-state index is 11.7. The molecule has 1 rings (SSSR count). The molecule has 0 aromatic heterocycles. The summed E-state index contributed by atoms with van der Waals surface area (Å²) < 4.78 is 0.917. The minimum atomic E-state index is -0.314. The molecule has 0 saturated carbocycles. The number of unbranched alkanes of at least 4 members (excludes halogenated alkanes) is 1. The van der Waals surface area contributed by atoms with E-state index in [1.165, 1.54) is 0 Å². The maximum atomic E-state index is 11.7. The van der Waals surface area contributed by atoms with Crippen LogP contribution in [0.2, 0.25) is 0 Å². The van der Waals surface area contributed by atoms with Crippen LogP contribution in [0.25, 0.3) is 6.08 Å². The van der Waals surface area contributed by atoms with Gasteiger partial charge in [-0.15, -0.1) is 0 Å². The van der Waals surface area contributed by atoms with E-state index in [1.807, 2.05) is 30.3 Å². The SMILES string of the molecule is CCCCNC(=O)C(C#N)=Cc1cccc(Br)c1. The average molecular weight is 307 g/mol. The molecule has 4 heteroatoms. The van der Waals surface area contributed by atoms with Crippen molar-refractivity contribution in [1.29, 1.82) is 5.26 Å². The van der Waals surface area contributed by atoms with E-state index >= 15 is 0 Å². The van der Waals surface area contributed by atoms with Crippen LogP contribution in [0.5, 0.6) is 0 Å². The Hall–Kier alpha value is -1.60. The van der Waals surface area contributed by atoms with Crippen molar-refractivity contribution in [2.75, 3.05) is 6.54 Å². The highest BCUT2D eigenvalue weighted by molar-refractivity contribution is 9.10. The van der Waals surface area contributed by atoms with Gasteiger partial charge >= 0.3 is 0 Å². The Labute approximate surface area is 116 Å². The summed E-state index contributed by atoms with van der Waals surface area (Å²) in [6, 6.07) is 9.39. The van der Waals surface area contributed by atoms with Gasteiger partial charge in [0.2, 0.25) is 0 Å². The lowest BCUT2D eigenvalue weighted by Gasteiger charge is -2.03. The molecule has 0 radical (unpaired) electrons. The number of nitrogens with one attached hydrogen (secondary N) is 1. The quantitative estimate of drug-likeness (QED) is 0.515. The number of amides is 1. The molecule has 1 aromatic rings. The van der Waals surface area contributed by atoms with Crippen LogP contribution >= 0.6 is 15.9 Å². The van der Waals surface area contributed by atoms with Gasteiger partial charge in [0.1, 0.15) is 11.6 Å². The second-order valence-corrected chi connectivity index (χ2v) is 4.75. The van der Waals surface area contributed by atoms with Gasteiger partial charge in [0.25, 0.3) is 5.91 Å². The number of halogens is 1. The summed E-state index contributed by atoms with van der Waals surface area (Å²) in [6.45, 7) is 2.65. The Morgan fingerprint density at radius 3 is 2.94 bits per heavy atom. The van der Waals surface area contributed by atoms with Gasteiger partial charge in [0.15, 0.2) is 0 Å². The fourth-order valence-electron chi connectivity index (χ4n) is 1.39. The second-order valence-electron chi connectivity index (χ2n) is 3.83. The molecule has 0 spiro atoms. The molecule has 0 unspecified atom stereocenters. The number of hydrogen-bond donors (Lipinski definition) is 1. The van der Waals surface area contributed by atoms with Crippen LogP contribution in [0.3, 0.4) is 0 Å². The van der Waals surface area contributed by atoms with Crippen molar-refractivity contribution >= 4 is 27.9 Å². The molecule has 0 bridgehead atoms. The molecule has 0 aliphatic rings. The summed E-state index contributed by atoms with van der Waals surface area (Å²) in [4.78, 5) is 11.7. The molecule has 0 atom stereocenters. The second kappa shape index (κ2) is 7.67. The molecule has 0 aliphatic heterocycles. The first-order valence-corrected chi connectivity index (χ1v) is 6.62. The van der Waals surface area contributed by atoms with E-state index in [0.29, 0.717) is 6.54 Å². The first-order chi connectivity index (χ1) is 8.67. The molecule has 1 N–H and O–H groups in total. The number of hydrogen-bond acceptors (Lipinski definition) is 2. The predicted octanol–water partition coefficient (Wildman–Crippen LogP) is 3.27. The average Bonchev–Trinajstić information content (AvgIpc) is 2.36. The van der Waals surface area contributed by atoms with Gasteiger partial charge in [-0.1, -0.05) is 41.4 Å². The summed E-state index contributed by atoms with van der Waals surface area (Å²) in [5.74, 6) is -0.314. The standard InChI is InChI=1S/C14H15BrN2O/c1-2-3-7-17-14(18)12(10-16)8-11-5-4-6-13(15)9-11/h4-6,8-9H,2-3,7H2,1H3,(H,17,18). The molecule has 0 saturated heterocycles. The van der Waals surface area contributed by atoms with E-state index in [-0.39, 0.29) is 11.5 Å². The molecule has 94 valence electrons. The van der Waals surface area contributed by atoms with Crippen molar-refractivity contribution in [3.63, 3.8) is 0 Å². The van der Waals surface area contributed by atoms with Gasteiger partial charge < -0.3 is 5.32 Å². The summed E-state index contributed by atoms with van der Waals surface area (Å²) in [7, 11) is 0. The monoisotopic (exact) mass is 306 g/mol. The Balaban J connectivity index is 2.77. The highest BCUT2D eigenvalue weighted by Crippen LogP contribution is 2.14. The fourth-order valence-corrected chi connectivity index (χ4v) is 1.80. The summed E-state index contributed by atoms with van der Waals surface area (Å²) in [5.41, 5.74) is 0.954. The molecule has 18 heavy (non-hydrogen) atoms. The first-order valence-electron chi connectivity index (χ1n) is 5.83. The molecular formula is C14H15BrN2O. The van der Waals surface area contributed by atoms with Crippen LogP contribution in [0.1, 0.15) is 25.3 Å². The lowest BCUT2D eigenvalue weighted by molar-refractivity contribution is -0.117. The third-order valence-electron chi connectivity index (χ3n) is 2.34. The van der Waals surface area contributed by atoms with Gasteiger partial charge in [-0.3, -0.25) is 4.79 Å². The van der Waals surface area contributed by atoms with Crippen molar-refractivity contribution in [3.05, 3.63) is 39.9 Å². The summed E-state index contributed by atoms with van der Waals surface area (Å²) in [6.07, 6.45) is 3.52. The van der Waals surface area contributed by atoms with Gasteiger partial charge in [0, 0.05) is 11.0 Å². The summed E-state index contributed by atoms with van der Waals surface area (Å²) in [5, 5.41) is 11.7. The van der Waals surface area contributed by atoms with Crippen molar-refractivity contribution in [3.8, 4) is 6.07 Å². The van der Waals surface area contributed by atoms with E-state index in [4.69, 9.17) is 5.26 Å². The minimum Gasteiger partial charge on any atom is -0.351 e. The van der Waals surface area contributed by atoms with Crippen LogP contribution in [0.4, 0.5) is 0 Å². The number of benzene rings is 1. The van der Waals surface area contributed by atoms with E-state index in [9.17, 15) is 4.79 Å². The highest BCUT2D eigenvalue weighted by Gasteiger charge is 2.07. The lowest BCUT2D eigenvalue weighted by Crippen LogP contribution is -2.25. The van der Waals surface area contributed by atoms with Crippen molar-refractivity contribution in [1.82, 2.24) is 5.32 Å². The van der Waals surface area contributed by atoms with Gasteiger partial charge in [-0.2, -0.15) is 5.26 Å². The van der Waals surface area contributed by atoms with E-state index in [2.05, 4.69) is 28.2 Å². The van der Waals surface area contributed by atoms with Gasteiger partial charge in [0.05, 0.1) is 0 Å². The third-order valence-corrected chi connectivity index (χ3v) is 2.83. The number of nitriles is 1. The van der Waals surface area contributed by atoms with Gasteiger partial charge in [-0.25, -0.2) is 0 Å². The third kappa shape index (κ3) is 4.72. The molecule has 0 fully saturated rings.